The van der Waals surface area contributed by atoms with Crippen molar-refractivity contribution in [3.63, 3.8) is 0 Å². The predicted octanol–water partition coefficient (Wildman–Crippen LogP) is 4.23. The number of nitrogens with zero attached hydrogens (tertiary/aromatic N) is 2. The third-order valence-corrected chi connectivity index (χ3v) is 4.38. The van der Waals surface area contributed by atoms with Crippen LogP contribution in [0.2, 0.25) is 5.02 Å². The minimum atomic E-state index is 0.622. The molecular formula is C12H11BrClN3S. The van der Waals surface area contributed by atoms with Gasteiger partial charge in [0, 0.05) is 24.0 Å². The molecule has 2 rings (SSSR count). The molecular weight excluding hydrogens is 334 g/mol. The fraction of sp³-hybridized carbons (Fsp3) is 0.167. The molecule has 0 amide bonds. The standard InChI is InChI=1S/C12H11BrClN3S/c1-15-12-16-6-10(13)11(17-12)18-7-8-2-4-9(14)5-3-8/h2-6H,7H2,1H3,(H,15,16,17). The van der Waals surface area contributed by atoms with Crippen molar-refractivity contribution < 1.29 is 0 Å². The van der Waals surface area contributed by atoms with Crippen molar-refractivity contribution in [2.24, 2.45) is 0 Å². The maximum absolute atomic E-state index is 5.85. The lowest BCUT2D eigenvalue weighted by Crippen LogP contribution is -1.97. The van der Waals surface area contributed by atoms with E-state index in [9.17, 15) is 0 Å². The van der Waals surface area contributed by atoms with Gasteiger partial charge in [-0.25, -0.2) is 9.97 Å². The smallest absolute Gasteiger partial charge is 0.223 e. The fourth-order valence-electron chi connectivity index (χ4n) is 1.31. The number of nitrogens with one attached hydrogen (secondary N) is 1. The van der Waals surface area contributed by atoms with Crippen molar-refractivity contribution in [2.75, 3.05) is 12.4 Å². The number of hydrogen-bond donors (Lipinski definition) is 1. The predicted molar refractivity (Wildman–Crippen MR) is 80.3 cm³/mol. The summed E-state index contributed by atoms with van der Waals surface area (Å²) in [6.07, 6.45) is 1.75. The summed E-state index contributed by atoms with van der Waals surface area (Å²) in [5.74, 6) is 1.47. The van der Waals surface area contributed by atoms with Crippen molar-refractivity contribution in [3.05, 3.63) is 45.5 Å². The molecule has 0 saturated heterocycles. The number of aromatic nitrogens is 2. The maximum Gasteiger partial charge on any atom is 0.223 e. The van der Waals surface area contributed by atoms with Gasteiger partial charge < -0.3 is 5.32 Å². The maximum atomic E-state index is 5.85. The van der Waals surface area contributed by atoms with Crippen molar-refractivity contribution in [1.29, 1.82) is 0 Å². The number of halogens is 2. The summed E-state index contributed by atoms with van der Waals surface area (Å²) in [5.41, 5.74) is 1.21. The van der Waals surface area contributed by atoms with E-state index in [4.69, 9.17) is 11.6 Å². The van der Waals surface area contributed by atoms with Crippen LogP contribution in [0.5, 0.6) is 0 Å². The molecule has 94 valence electrons. The molecule has 0 aliphatic carbocycles. The zero-order valence-electron chi connectivity index (χ0n) is 9.65. The molecule has 1 aromatic carbocycles. The number of thioether (sulfide) groups is 1. The summed E-state index contributed by atoms with van der Waals surface area (Å²) in [7, 11) is 1.80. The van der Waals surface area contributed by atoms with Gasteiger partial charge in [0.15, 0.2) is 0 Å². The molecule has 6 heteroatoms. The molecule has 0 radical (unpaired) electrons. The molecule has 0 saturated carbocycles. The Bertz CT molecular complexity index is 533. The van der Waals surface area contributed by atoms with E-state index in [0.29, 0.717) is 5.95 Å². The van der Waals surface area contributed by atoms with Crippen LogP contribution in [0.3, 0.4) is 0 Å². The average molecular weight is 345 g/mol. The van der Waals surface area contributed by atoms with E-state index >= 15 is 0 Å². The third kappa shape index (κ3) is 3.60. The summed E-state index contributed by atoms with van der Waals surface area (Å²) in [6.45, 7) is 0. The summed E-state index contributed by atoms with van der Waals surface area (Å²) in [6, 6.07) is 7.82. The number of hydrogen-bond acceptors (Lipinski definition) is 4. The van der Waals surface area contributed by atoms with Crippen LogP contribution in [0.1, 0.15) is 5.56 Å². The Labute approximate surface area is 124 Å². The van der Waals surface area contributed by atoms with Gasteiger partial charge in [0.05, 0.1) is 4.47 Å². The molecule has 0 spiro atoms. The average Bonchev–Trinajstić information content (AvgIpc) is 2.40. The Balaban J connectivity index is 2.07. The zero-order valence-corrected chi connectivity index (χ0v) is 12.8. The highest BCUT2D eigenvalue weighted by Crippen LogP contribution is 2.28. The number of benzene rings is 1. The quantitative estimate of drug-likeness (QED) is 0.665. The lowest BCUT2D eigenvalue weighted by molar-refractivity contribution is 1.02. The minimum absolute atomic E-state index is 0.622. The van der Waals surface area contributed by atoms with Gasteiger partial charge in [-0.05, 0) is 33.6 Å². The van der Waals surface area contributed by atoms with Gasteiger partial charge in [-0.2, -0.15) is 0 Å². The third-order valence-electron chi connectivity index (χ3n) is 2.22. The van der Waals surface area contributed by atoms with Gasteiger partial charge in [-0.15, -0.1) is 11.8 Å². The summed E-state index contributed by atoms with van der Waals surface area (Å²) in [4.78, 5) is 8.52. The Morgan fingerprint density at radius 3 is 2.72 bits per heavy atom. The molecule has 0 bridgehead atoms. The molecule has 0 aliphatic rings. The first-order chi connectivity index (χ1) is 8.69. The highest BCUT2D eigenvalue weighted by Gasteiger charge is 2.05. The first kappa shape index (κ1) is 13.6. The molecule has 1 heterocycles. The summed E-state index contributed by atoms with van der Waals surface area (Å²) >= 11 is 11.0. The first-order valence-electron chi connectivity index (χ1n) is 5.26. The lowest BCUT2D eigenvalue weighted by Gasteiger charge is -2.05. The minimum Gasteiger partial charge on any atom is -0.357 e. The molecule has 0 unspecified atom stereocenters. The Kier molecular flexibility index (Phi) is 4.86. The largest absolute Gasteiger partial charge is 0.357 e. The Morgan fingerprint density at radius 1 is 1.33 bits per heavy atom. The van der Waals surface area contributed by atoms with Crippen LogP contribution in [-0.2, 0) is 5.75 Å². The lowest BCUT2D eigenvalue weighted by atomic mass is 10.2. The van der Waals surface area contributed by atoms with E-state index in [0.717, 1.165) is 20.3 Å². The second-order valence-corrected chi connectivity index (χ2v) is 5.77. The molecule has 3 nitrogen and oxygen atoms in total. The zero-order chi connectivity index (χ0) is 13.0. The van der Waals surface area contributed by atoms with Crippen molar-refractivity contribution in [2.45, 2.75) is 10.8 Å². The van der Waals surface area contributed by atoms with E-state index in [1.54, 1.807) is 25.0 Å². The number of anilines is 1. The second kappa shape index (κ2) is 6.41. The molecule has 2 aromatic rings. The van der Waals surface area contributed by atoms with Crippen molar-refractivity contribution >= 4 is 45.2 Å². The molecule has 18 heavy (non-hydrogen) atoms. The molecule has 1 aromatic heterocycles. The van der Waals surface area contributed by atoms with Gasteiger partial charge in [-0.3, -0.25) is 0 Å². The van der Waals surface area contributed by atoms with Gasteiger partial charge in [-0.1, -0.05) is 23.7 Å². The Hall–Kier alpha value is -0.780. The van der Waals surface area contributed by atoms with Crippen LogP contribution < -0.4 is 5.32 Å². The van der Waals surface area contributed by atoms with E-state index in [1.165, 1.54) is 5.56 Å². The first-order valence-corrected chi connectivity index (χ1v) is 7.42. The highest BCUT2D eigenvalue weighted by molar-refractivity contribution is 9.10. The fourth-order valence-corrected chi connectivity index (χ4v) is 2.80. The van der Waals surface area contributed by atoms with E-state index in [-0.39, 0.29) is 0 Å². The van der Waals surface area contributed by atoms with Crippen molar-refractivity contribution in [3.8, 4) is 0 Å². The Morgan fingerprint density at radius 2 is 2.06 bits per heavy atom. The van der Waals surface area contributed by atoms with E-state index < -0.39 is 0 Å². The van der Waals surface area contributed by atoms with E-state index in [2.05, 4.69) is 31.2 Å². The van der Waals surface area contributed by atoms with Crippen LogP contribution in [0.25, 0.3) is 0 Å². The van der Waals surface area contributed by atoms with Crippen molar-refractivity contribution in [1.82, 2.24) is 9.97 Å². The van der Waals surface area contributed by atoms with Crippen LogP contribution in [0, 0.1) is 0 Å². The molecule has 0 fully saturated rings. The second-order valence-electron chi connectivity index (χ2n) is 3.51. The summed E-state index contributed by atoms with van der Waals surface area (Å²) < 4.78 is 0.903. The monoisotopic (exact) mass is 343 g/mol. The molecule has 0 aliphatic heterocycles. The van der Waals surface area contributed by atoms with Gasteiger partial charge in [0.25, 0.3) is 0 Å². The van der Waals surface area contributed by atoms with E-state index in [1.807, 2.05) is 24.3 Å². The summed E-state index contributed by atoms with van der Waals surface area (Å²) in [5, 5.41) is 4.60. The van der Waals surface area contributed by atoms with Crippen LogP contribution in [-0.4, -0.2) is 17.0 Å². The number of rotatable bonds is 4. The van der Waals surface area contributed by atoms with Gasteiger partial charge in [0.1, 0.15) is 5.03 Å². The molecule has 0 atom stereocenters. The topological polar surface area (TPSA) is 37.8 Å². The normalized spacial score (nSPS) is 10.4. The van der Waals surface area contributed by atoms with Gasteiger partial charge >= 0.3 is 0 Å². The SMILES string of the molecule is CNc1ncc(Br)c(SCc2ccc(Cl)cc2)n1. The van der Waals surface area contributed by atoms with Crippen LogP contribution in [0.4, 0.5) is 5.95 Å². The van der Waals surface area contributed by atoms with Gasteiger partial charge in [0.2, 0.25) is 5.95 Å². The highest BCUT2D eigenvalue weighted by atomic mass is 79.9. The van der Waals surface area contributed by atoms with Crippen LogP contribution in [0.15, 0.2) is 40.0 Å². The van der Waals surface area contributed by atoms with Crippen LogP contribution >= 0.6 is 39.3 Å². The molecule has 1 N–H and O–H groups in total.